The van der Waals surface area contributed by atoms with Gasteiger partial charge in [-0.1, -0.05) is 0 Å². The largest absolute Gasteiger partial charge is 0.493 e. The van der Waals surface area contributed by atoms with E-state index in [1.54, 1.807) is 26.5 Å². The second-order valence-corrected chi connectivity index (χ2v) is 3.32. The Bertz CT molecular complexity index is 387. The van der Waals surface area contributed by atoms with Crippen molar-refractivity contribution >= 4 is 0 Å². The Morgan fingerprint density at radius 3 is 2.75 bits per heavy atom. The zero-order chi connectivity index (χ0) is 12.0. The fourth-order valence-corrected chi connectivity index (χ4v) is 1.40. The molecule has 16 heavy (non-hydrogen) atoms. The van der Waals surface area contributed by atoms with Gasteiger partial charge in [-0.15, -0.1) is 0 Å². The summed E-state index contributed by atoms with van der Waals surface area (Å²) in [6.07, 6.45) is 1.66. The minimum absolute atomic E-state index is 0.349. The van der Waals surface area contributed by atoms with Gasteiger partial charge in [0.25, 0.3) is 0 Å². The Kier molecular flexibility index (Phi) is 4.55. The lowest BCUT2D eigenvalue weighted by Crippen LogP contribution is -2.19. The molecule has 0 aliphatic rings. The van der Waals surface area contributed by atoms with E-state index in [-0.39, 0.29) is 0 Å². The highest BCUT2D eigenvalue weighted by Gasteiger charge is 2.12. The number of aromatic nitrogens is 1. The van der Waals surface area contributed by atoms with E-state index in [0.29, 0.717) is 24.6 Å². The van der Waals surface area contributed by atoms with Crippen LogP contribution in [0.3, 0.4) is 0 Å². The number of nitrogens with zero attached hydrogens (tertiary/aromatic N) is 3. The molecule has 1 aromatic heterocycles. The van der Waals surface area contributed by atoms with Crippen LogP contribution in [0.25, 0.3) is 0 Å². The van der Waals surface area contributed by atoms with Gasteiger partial charge in [-0.3, -0.25) is 9.88 Å². The van der Waals surface area contributed by atoms with Crippen molar-refractivity contribution in [3.8, 4) is 17.6 Å². The molecule has 0 radical (unpaired) electrons. The van der Waals surface area contributed by atoms with Gasteiger partial charge in [-0.25, -0.2) is 0 Å². The Hall–Kier alpha value is -1.80. The normalized spacial score (nSPS) is 9.94. The molecule has 0 aliphatic carbocycles. The van der Waals surface area contributed by atoms with Gasteiger partial charge < -0.3 is 9.47 Å². The summed E-state index contributed by atoms with van der Waals surface area (Å²) in [6, 6.07) is 3.82. The third kappa shape index (κ3) is 2.84. The molecular weight excluding hydrogens is 206 g/mol. The molecule has 86 valence electrons. The van der Waals surface area contributed by atoms with Gasteiger partial charge in [0, 0.05) is 18.8 Å². The van der Waals surface area contributed by atoms with Crippen molar-refractivity contribution in [3.05, 3.63) is 18.0 Å². The predicted molar refractivity (Wildman–Crippen MR) is 59.3 cm³/mol. The molecule has 1 aromatic rings. The second kappa shape index (κ2) is 5.93. The molecule has 0 unspecified atom stereocenters. The van der Waals surface area contributed by atoms with Crippen molar-refractivity contribution in [1.29, 1.82) is 5.26 Å². The fourth-order valence-electron chi connectivity index (χ4n) is 1.40. The molecule has 0 N–H and O–H groups in total. The summed E-state index contributed by atoms with van der Waals surface area (Å²) in [5.74, 6) is 1.27. The van der Waals surface area contributed by atoms with Crippen LogP contribution in [0.2, 0.25) is 0 Å². The zero-order valence-corrected chi connectivity index (χ0v) is 9.73. The highest BCUT2D eigenvalue weighted by atomic mass is 16.5. The molecule has 5 nitrogen and oxygen atoms in total. The van der Waals surface area contributed by atoms with Gasteiger partial charge in [0.05, 0.1) is 26.8 Å². The number of hydrogen-bond acceptors (Lipinski definition) is 5. The third-order valence-electron chi connectivity index (χ3n) is 2.13. The molecule has 0 bridgehead atoms. The quantitative estimate of drug-likeness (QED) is 0.696. The minimum Gasteiger partial charge on any atom is -0.493 e. The Balaban J connectivity index is 2.91. The van der Waals surface area contributed by atoms with E-state index in [0.717, 1.165) is 5.69 Å². The molecule has 0 amide bonds. The van der Waals surface area contributed by atoms with Crippen LogP contribution < -0.4 is 9.47 Å². The second-order valence-electron chi connectivity index (χ2n) is 3.32. The zero-order valence-electron chi connectivity index (χ0n) is 9.73. The summed E-state index contributed by atoms with van der Waals surface area (Å²) in [5, 5.41) is 8.57. The molecule has 0 atom stereocenters. The van der Waals surface area contributed by atoms with Crippen LogP contribution in [0.4, 0.5) is 0 Å². The summed E-state index contributed by atoms with van der Waals surface area (Å²) in [4.78, 5) is 6.08. The van der Waals surface area contributed by atoms with E-state index in [9.17, 15) is 0 Å². The summed E-state index contributed by atoms with van der Waals surface area (Å²) >= 11 is 0. The molecule has 0 saturated heterocycles. The van der Waals surface area contributed by atoms with Crippen LogP contribution in [0.15, 0.2) is 12.3 Å². The standard InChI is InChI=1S/C11H15N3O2/c1-14(7-5-12)8-9-11(16-3)10(15-2)4-6-13-9/h4,6H,7-8H2,1-3H3. The maximum atomic E-state index is 8.57. The summed E-state index contributed by atoms with van der Waals surface area (Å²) < 4.78 is 10.4. The summed E-state index contributed by atoms with van der Waals surface area (Å²) in [6.45, 7) is 0.899. The predicted octanol–water partition coefficient (Wildman–Crippen LogP) is 1.05. The van der Waals surface area contributed by atoms with Gasteiger partial charge >= 0.3 is 0 Å². The highest BCUT2D eigenvalue weighted by Crippen LogP contribution is 2.29. The van der Waals surface area contributed by atoms with Crippen molar-refractivity contribution in [3.63, 3.8) is 0 Å². The van der Waals surface area contributed by atoms with E-state index >= 15 is 0 Å². The third-order valence-corrected chi connectivity index (χ3v) is 2.13. The first-order chi connectivity index (χ1) is 7.72. The lowest BCUT2D eigenvalue weighted by molar-refractivity contribution is 0.324. The van der Waals surface area contributed by atoms with E-state index in [4.69, 9.17) is 14.7 Å². The van der Waals surface area contributed by atoms with E-state index in [1.165, 1.54) is 0 Å². The lowest BCUT2D eigenvalue weighted by Gasteiger charge is -2.15. The van der Waals surface area contributed by atoms with E-state index < -0.39 is 0 Å². The number of rotatable bonds is 5. The van der Waals surface area contributed by atoms with Crippen LogP contribution in [-0.2, 0) is 6.54 Å². The molecule has 0 aromatic carbocycles. The average molecular weight is 221 g/mol. The molecule has 0 saturated carbocycles. The van der Waals surface area contributed by atoms with E-state index in [2.05, 4.69) is 11.1 Å². The smallest absolute Gasteiger partial charge is 0.183 e. The van der Waals surface area contributed by atoms with Crippen molar-refractivity contribution in [2.75, 3.05) is 27.8 Å². The van der Waals surface area contributed by atoms with Crippen LogP contribution in [-0.4, -0.2) is 37.7 Å². The fraction of sp³-hybridized carbons (Fsp3) is 0.455. The maximum absolute atomic E-state index is 8.57. The van der Waals surface area contributed by atoms with Crippen molar-refractivity contribution in [2.24, 2.45) is 0 Å². The maximum Gasteiger partial charge on any atom is 0.183 e. The molecule has 0 aliphatic heterocycles. The Morgan fingerprint density at radius 2 is 2.19 bits per heavy atom. The van der Waals surface area contributed by atoms with Crippen molar-refractivity contribution < 1.29 is 9.47 Å². The van der Waals surface area contributed by atoms with Crippen LogP contribution in [0.1, 0.15) is 5.69 Å². The molecular formula is C11H15N3O2. The number of hydrogen-bond donors (Lipinski definition) is 0. The summed E-state index contributed by atoms with van der Waals surface area (Å²) in [7, 11) is 5.01. The number of ether oxygens (including phenoxy) is 2. The average Bonchev–Trinajstić information content (AvgIpc) is 2.29. The first-order valence-electron chi connectivity index (χ1n) is 4.84. The van der Waals surface area contributed by atoms with Crippen LogP contribution in [0, 0.1) is 11.3 Å². The van der Waals surface area contributed by atoms with Gasteiger partial charge in [-0.2, -0.15) is 5.26 Å². The van der Waals surface area contributed by atoms with Crippen LogP contribution in [0.5, 0.6) is 11.5 Å². The molecule has 1 heterocycles. The molecule has 0 fully saturated rings. The van der Waals surface area contributed by atoms with E-state index in [1.807, 2.05) is 11.9 Å². The van der Waals surface area contributed by atoms with Gasteiger partial charge in [-0.05, 0) is 7.05 Å². The van der Waals surface area contributed by atoms with Crippen molar-refractivity contribution in [1.82, 2.24) is 9.88 Å². The SMILES string of the molecule is COc1ccnc(CN(C)CC#N)c1OC. The van der Waals surface area contributed by atoms with Gasteiger partial charge in [0.2, 0.25) is 0 Å². The van der Waals surface area contributed by atoms with Gasteiger partial charge in [0.1, 0.15) is 5.69 Å². The van der Waals surface area contributed by atoms with Gasteiger partial charge in [0.15, 0.2) is 11.5 Å². The topological polar surface area (TPSA) is 58.4 Å². The number of pyridine rings is 1. The van der Waals surface area contributed by atoms with Crippen molar-refractivity contribution in [2.45, 2.75) is 6.54 Å². The molecule has 0 spiro atoms. The Morgan fingerprint density at radius 1 is 1.44 bits per heavy atom. The lowest BCUT2D eigenvalue weighted by atomic mass is 10.3. The Labute approximate surface area is 95.2 Å². The number of nitriles is 1. The first kappa shape index (κ1) is 12.3. The minimum atomic E-state index is 0.349. The van der Waals surface area contributed by atoms with Crippen LogP contribution >= 0.6 is 0 Å². The highest BCUT2D eigenvalue weighted by molar-refractivity contribution is 5.42. The number of methoxy groups -OCH3 is 2. The molecule has 5 heteroatoms. The summed E-state index contributed by atoms with van der Waals surface area (Å²) in [5.41, 5.74) is 0.764. The molecule has 1 rings (SSSR count). The monoisotopic (exact) mass is 221 g/mol. The first-order valence-corrected chi connectivity index (χ1v) is 4.84.